The van der Waals surface area contributed by atoms with Crippen LogP contribution in [0.4, 0.5) is 13.6 Å². The van der Waals surface area contributed by atoms with Gasteiger partial charge in [-0.15, -0.1) is 0 Å². The van der Waals surface area contributed by atoms with Crippen LogP contribution in [0, 0.1) is 0 Å². The number of ether oxygens (including phenoxy) is 4. The van der Waals surface area contributed by atoms with Gasteiger partial charge >= 0.3 is 18.0 Å². The van der Waals surface area contributed by atoms with Crippen molar-refractivity contribution in [3.63, 3.8) is 0 Å². The molecule has 10 heteroatoms. The molecule has 0 radical (unpaired) electrons. The Kier molecular flexibility index (Phi) is 9.17. The van der Waals surface area contributed by atoms with E-state index in [9.17, 15) is 18.4 Å². The molecule has 0 fully saturated rings. The van der Waals surface area contributed by atoms with E-state index in [1.54, 1.807) is 35.6 Å². The second kappa shape index (κ2) is 11.1. The molecule has 0 spiro atoms. The summed E-state index contributed by atoms with van der Waals surface area (Å²) in [4.78, 5) is 22.9. The van der Waals surface area contributed by atoms with Crippen LogP contribution in [0.5, 0.6) is 0 Å². The van der Waals surface area contributed by atoms with Crippen molar-refractivity contribution in [3.05, 3.63) is 48.2 Å². The average molecular weight is 389 g/mol. The van der Waals surface area contributed by atoms with Gasteiger partial charge in [-0.1, -0.05) is 36.9 Å². The third-order valence-corrected chi connectivity index (χ3v) is 3.20. The molecule has 1 atom stereocenters. The number of carboxylic acid groups (broad SMARTS) is 1. The zero-order valence-corrected chi connectivity index (χ0v) is 14.7. The largest absolute Gasteiger partial charge is 0.480 e. The summed E-state index contributed by atoms with van der Waals surface area (Å²) in [5, 5.41) is 10.6. The summed E-state index contributed by atoms with van der Waals surface area (Å²) in [6, 6.07) is 5.80. The topological polar surface area (TPSA) is 103 Å². The van der Waals surface area contributed by atoms with Crippen LogP contribution in [-0.2, 0) is 30.3 Å². The summed E-state index contributed by atoms with van der Waals surface area (Å²) in [5.41, 5.74) is 0.604. The molecule has 150 valence electrons. The molecule has 1 unspecified atom stereocenters. The minimum absolute atomic E-state index is 0.0851. The first-order valence-corrected chi connectivity index (χ1v) is 7.75. The van der Waals surface area contributed by atoms with Crippen LogP contribution in [0.2, 0.25) is 0 Å². The summed E-state index contributed by atoms with van der Waals surface area (Å²) >= 11 is 0. The number of amides is 1. The number of alkyl halides is 2. The van der Waals surface area contributed by atoms with Crippen molar-refractivity contribution in [3.8, 4) is 0 Å². The molecule has 0 bridgehead atoms. The summed E-state index contributed by atoms with van der Waals surface area (Å²) in [5.74, 6) is -7.26. The van der Waals surface area contributed by atoms with Crippen molar-refractivity contribution >= 4 is 12.1 Å². The molecule has 0 aliphatic heterocycles. The molecule has 0 saturated heterocycles. The number of hydrogen-bond acceptors (Lipinski definition) is 6. The molecule has 1 rings (SSSR count). The number of carboxylic acids is 1. The molecule has 27 heavy (non-hydrogen) atoms. The Morgan fingerprint density at radius 1 is 1.22 bits per heavy atom. The first kappa shape index (κ1) is 22.3. The standard InChI is InChI=1S/C17H21F2NO7/c1-12(27-11-25-9-8-24-2)17(18,19)14(15(21)22)20-16(23)26-10-13-6-4-3-5-7-13/h3-7,14H,1,8-11H2,2H3,(H,20,23)(H,21,22). The van der Waals surface area contributed by atoms with Crippen molar-refractivity contribution in [2.24, 2.45) is 0 Å². The Morgan fingerprint density at radius 3 is 2.48 bits per heavy atom. The molecule has 0 aliphatic rings. The first-order valence-electron chi connectivity index (χ1n) is 7.75. The van der Waals surface area contributed by atoms with Crippen LogP contribution >= 0.6 is 0 Å². The van der Waals surface area contributed by atoms with Gasteiger partial charge in [0.15, 0.2) is 12.6 Å². The molecule has 0 heterocycles. The fourth-order valence-electron chi connectivity index (χ4n) is 1.76. The molecular formula is C17H21F2NO7. The molecule has 2 N–H and O–H groups in total. The smallest absolute Gasteiger partial charge is 0.408 e. The van der Waals surface area contributed by atoms with Crippen LogP contribution in [0.1, 0.15) is 5.56 Å². The monoisotopic (exact) mass is 389 g/mol. The summed E-state index contributed by atoms with van der Waals surface area (Å²) in [6.45, 7) is 2.52. The maximum atomic E-state index is 14.3. The highest BCUT2D eigenvalue weighted by atomic mass is 19.3. The molecule has 1 aromatic carbocycles. The van der Waals surface area contributed by atoms with Crippen molar-refractivity contribution < 1.29 is 42.4 Å². The van der Waals surface area contributed by atoms with Gasteiger partial charge in [0.25, 0.3) is 0 Å². The fraction of sp³-hybridized carbons (Fsp3) is 0.412. The highest BCUT2D eigenvalue weighted by molar-refractivity contribution is 5.81. The number of nitrogens with one attached hydrogen (secondary N) is 1. The molecule has 1 aromatic rings. The maximum absolute atomic E-state index is 14.3. The Morgan fingerprint density at radius 2 is 1.89 bits per heavy atom. The summed E-state index contributed by atoms with van der Waals surface area (Å²) in [6.07, 6.45) is -1.32. The van der Waals surface area contributed by atoms with E-state index in [-0.39, 0.29) is 19.8 Å². The fourth-order valence-corrected chi connectivity index (χ4v) is 1.76. The van der Waals surface area contributed by atoms with Crippen LogP contribution in [0.25, 0.3) is 0 Å². The highest BCUT2D eigenvalue weighted by Gasteiger charge is 2.50. The van der Waals surface area contributed by atoms with Crippen LogP contribution in [0.3, 0.4) is 0 Å². The third-order valence-electron chi connectivity index (χ3n) is 3.20. The summed E-state index contributed by atoms with van der Waals surface area (Å²) in [7, 11) is 1.43. The Balaban J connectivity index is 2.59. The van der Waals surface area contributed by atoms with Gasteiger partial charge in [-0.05, 0) is 5.56 Å². The summed E-state index contributed by atoms with van der Waals surface area (Å²) < 4.78 is 47.5. The quantitative estimate of drug-likeness (QED) is 0.321. The molecule has 0 aromatic heterocycles. The predicted octanol–water partition coefficient (Wildman–Crippen LogP) is 2.15. The van der Waals surface area contributed by atoms with Crippen molar-refractivity contribution in [2.45, 2.75) is 18.6 Å². The molecule has 0 aliphatic carbocycles. The minimum atomic E-state index is -4.11. The second-order valence-corrected chi connectivity index (χ2v) is 5.19. The van der Waals surface area contributed by atoms with Crippen LogP contribution in [0.15, 0.2) is 42.7 Å². The number of methoxy groups -OCH3 is 1. The number of aliphatic carboxylic acids is 1. The van der Waals surface area contributed by atoms with Crippen molar-refractivity contribution in [2.75, 3.05) is 27.1 Å². The average Bonchev–Trinajstić information content (AvgIpc) is 2.64. The predicted molar refractivity (Wildman–Crippen MR) is 89.1 cm³/mol. The molecule has 1 amide bonds. The van der Waals surface area contributed by atoms with Gasteiger partial charge in [0, 0.05) is 7.11 Å². The van der Waals surface area contributed by atoms with E-state index in [1.165, 1.54) is 7.11 Å². The van der Waals surface area contributed by atoms with Gasteiger partial charge in [-0.3, -0.25) is 0 Å². The number of rotatable bonds is 12. The van der Waals surface area contributed by atoms with Gasteiger partial charge in [-0.25, -0.2) is 9.59 Å². The normalized spacial score (nSPS) is 12.1. The number of alkyl carbamates (subject to hydrolysis) is 1. The van der Waals surface area contributed by atoms with E-state index in [0.29, 0.717) is 5.56 Å². The Labute approximate surface area is 154 Å². The number of benzene rings is 1. The van der Waals surface area contributed by atoms with Crippen LogP contribution < -0.4 is 5.32 Å². The molecular weight excluding hydrogens is 368 g/mol. The van der Waals surface area contributed by atoms with Crippen LogP contribution in [-0.4, -0.2) is 56.2 Å². The maximum Gasteiger partial charge on any atom is 0.408 e. The van der Waals surface area contributed by atoms with E-state index in [1.807, 2.05) is 0 Å². The van der Waals surface area contributed by atoms with E-state index < -0.39 is 36.6 Å². The Hall–Kier alpha value is -2.72. The van der Waals surface area contributed by atoms with E-state index in [0.717, 1.165) is 0 Å². The third kappa shape index (κ3) is 7.59. The highest BCUT2D eigenvalue weighted by Crippen LogP contribution is 2.28. The van der Waals surface area contributed by atoms with E-state index in [4.69, 9.17) is 19.3 Å². The lowest BCUT2D eigenvalue weighted by Crippen LogP contribution is -2.53. The first-order chi connectivity index (χ1) is 12.8. The zero-order chi connectivity index (χ0) is 20.3. The van der Waals surface area contributed by atoms with Crippen molar-refractivity contribution in [1.82, 2.24) is 5.32 Å². The van der Waals surface area contributed by atoms with Gasteiger partial charge in [0.05, 0.1) is 13.2 Å². The van der Waals surface area contributed by atoms with Crippen molar-refractivity contribution in [1.29, 1.82) is 0 Å². The zero-order valence-electron chi connectivity index (χ0n) is 14.7. The van der Waals surface area contributed by atoms with E-state index >= 15 is 0 Å². The number of halogens is 2. The van der Waals surface area contributed by atoms with Gasteiger partial charge in [0.2, 0.25) is 6.04 Å². The van der Waals surface area contributed by atoms with Gasteiger partial charge in [-0.2, -0.15) is 8.78 Å². The minimum Gasteiger partial charge on any atom is -0.480 e. The Bertz CT molecular complexity index is 625. The van der Waals surface area contributed by atoms with E-state index in [2.05, 4.69) is 11.3 Å². The second-order valence-electron chi connectivity index (χ2n) is 5.19. The van der Waals surface area contributed by atoms with Gasteiger partial charge in [0.1, 0.15) is 6.61 Å². The lowest BCUT2D eigenvalue weighted by atomic mass is 10.1. The number of carbonyl (C=O) groups is 2. The molecule has 8 nitrogen and oxygen atoms in total. The molecule has 0 saturated carbocycles. The lowest BCUT2D eigenvalue weighted by molar-refractivity contribution is -0.153. The lowest BCUT2D eigenvalue weighted by Gasteiger charge is -2.25. The SMILES string of the molecule is C=C(OCOCCOC)C(F)(F)C(NC(=O)OCc1ccccc1)C(=O)O. The number of hydrogen-bond donors (Lipinski definition) is 2. The number of carbonyl (C=O) groups excluding carboxylic acids is 1. The van der Waals surface area contributed by atoms with Gasteiger partial charge < -0.3 is 29.4 Å².